The molecule has 0 saturated carbocycles. The summed E-state index contributed by atoms with van der Waals surface area (Å²) in [4.78, 5) is 11.6. The third-order valence-corrected chi connectivity index (χ3v) is 18.7. The summed E-state index contributed by atoms with van der Waals surface area (Å²) in [5.74, 6) is 0.740. The smallest absolute Gasteiger partial charge is 0.252 e. The molecule has 12 rings (SSSR count). The number of aromatic nitrogens is 4. The molecule has 0 atom stereocenters. The van der Waals surface area contributed by atoms with Crippen LogP contribution in [0.2, 0.25) is 0 Å². The Morgan fingerprint density at radius 2 is 0.651 bits per heavy atom. The molecule has 0 amide bonds. The number of benzene rings is 7. The predicted octanol–water partition coefficient (Wildman–Crippen LogP) is 19.2. The van der Waals surface area contributed by atoms with Gasteiger partial charge in [-0.05, 0) is 171 Å². The Hall–Kier alpha value is -6.72. The molecule has 0 fully saturated rings. The molecule has 10 aromatic rings. The van der Waals surface area contributed by atoms with Crippen LogP contribution in [0.4, 0.5) is 0 Å². The number of hydrogen-bond donors (Lipinski definition) is 0. The molecule has 0 spiro atoms. The number of nitrogens with zero attached hydrogens (tertiary/aromatic N) is 4. The summed E-state index contributed by atoms with van der Waals surface area (Å²) in [6.07, 6.45) is 0. The maximum absolute atomic E-state index is 5.88. The highest BCUT2D eigenvalue weighted by Gasteiger charge is 2.43. The van der Waals surface area contributed by atoms with Crippen LogP contribution in [0, 0.1) is 0 Å². The van der Waals surface area contributed by atoms with E-state index in [2.05, 4.69) is 291 Å². The zero-order chi connectivity index (χ0) is 60.2. The Balaban J connectivity index is 1.28. The molecule has 5 heteroatoms. The summed E-state index contributed by atoms with van der Waals surface area (Å²) in [6.45, 7) is 56.3. The Kier molecular flexibility index (Phi) is 12.2. The van der Waals surface area contributed by atoms with Crippen LogP contribution in [0.3, 0.4) is 0 Å². The molecule has 0 aliphatic carbocycles. The summed E-state index contributed by atoms with van der Waals surface area (Å²) >= 11 is 0. The van der Waals surface area contributed by atoms with Gasteiger partial charge >= 0.3 is 0 Å². The SMILES string of the molecule is CC(C)(C)c1cc(-c2cc(-c3cc4c5c(c3)-n3c6ccc(C(C)(C)C)cc6c6c(C(C)(C)C)ccc(c63)B5c3ccc(C(C)(C)C)c5c6cc(C(C)(C)C)ccc6n-4c35)nc(-c3cc(C(C)(C)C)cc(C(C)(C)C)c3)n2)cc(C(C)(C)C)c1. The van der Waals surface area contributed by atoms with Crippen LogP contribution < -0.4 is 16.4 Å². The third kappa shape index (κ3) is 9.23. The normalized spacial score (nSPS) is 14.2. The number of hydrogen-bond acceptors (Lipinski definition) is 2. The van der Waals surface area contributed by atoms with E-state index in [1.54, 1.807) is 0 Å². The highest BCUT2D eigenvalue weighted by Crippen LogP contribution is 2.47. The van der Waals surface area contributed by atoms with Gasteiger partial charge in [-0.15, -0.1) is 0 Å². The van der Waals surface area contributed by atoms with E-state index in [0.717, 1.165) is 33.9 Å². The minimum Gasteiger partial charge on any atom is -0.310 e. The Morgan fingerprint density at radius 1 is 0.313 bits per heavy atom. The van der Waals surface area contributed by atoms with Crippen molar-refractivity contribution >= 4 is 66.7 Å². The van der Waals surface area contributed by atoms with Crippen LogP contribution in [0.25, 0.3) is 88.9 Å². The van der Waals surface area contributed by atoms with Gasteiger partial charge in [-0.3, -0.25) is 0 Å². The fourth-order valence-electron chi connectivity index (χ4n) is 13.5. The van der Waals surface area contributed by atoms with Gasteiger partial charge in [0.15, 0.2) is 5.82 Å². The summed E-state index contributed by atoms with van der Waals surface area (Å²) in [6, 6.07) is 46.3. The summed E-state index contributed by atoms with van der Waals surface area (Å²) in [5.41, 5.74) is 26.6. The molecule has 426 valence electrons. The van der Waals surface area contributed by atoms with Crippen LogP contribution in [-0.4, -0.2) is 25.8 Å². The summed E-state index contributed by atoms with van der Waals surface area (Å²) < 4.78 is 5.34. The van der Waals surface area contributed by atoms with Crippen LogP contribution in [0.1, 0.15) is 211 Å². The summed E-state index contributed by atoms with van der Waals surface area (Å²) in [5, 5.41) is 5.37. The van der Waals surface area contributed by atoms with Gasteiger partial charge in [-0.2, -0.15) is 0 Å². The first-order valence-corrected chi connectivity index (χ1v) is 30.8. The van der Waals surface area contributed by atoms with Gasteiger partial charge in [-0.25, -0.2) is 9.97 Å². The van der Waals surface area contributed by atoms with Gasteiger partial charge in [0.1, 0.15) is 0 Å². The van der Waals surface area contributed by atoms with Crippen molar-refractivity contribution < 1.29 is 0 Å². The molecule has 83 heavy (non-hydrogen) atoms. The largest absolute Gasteiger partial charge is 0.310 e. The van der Waals surface area contributed by atoms with Gasteiger partial charge in [0.25, 0.3) is 6.71 Å². The van der Waals surface area contributed by atoms with E-state index in [0.29, 0.717) is 0 Å². The van der Waals surface area contributed by atoms with E-state index < -0.39 is 0 Å². The van der Waals surface area contributed by atoms with E-state index >= 15 is 0 Å². The van der Waals surface area contributed by atoms with Crippen molar-refractivity contribution in [2.75, 3.05) is 0 Å². The molecule has 3 aromatic heterocycles. The zero-order valence-corrected chi connectivity index (χ0v) is 54.8. The van der Waals surface area contributed by atoms with Crippen LogP contribution in [0.15, 0.2) is 115 Å². The van der Waals surface area contributed by atoms with Crippen molar-refractivity contribution in [3.05, 3.63) is 160 Å². The lowest BCUT2D eigenvalue weighted by atomic mass is 9.34. The maximum atomic E-state index is 5.88. The molecule has 0 unspecified atom stereocenters. The van der Waals surface area contributed by atoms with E-state index in [1.807, 2.05) is 0 Å². The molecule has 7 aromatic carbocycles. The van der Waals surface area contributed by atoms with Crippen molar-refractivity contribution in [2.24, 2.45) is 0 Å². The second-order valence-electron chi connectivity index (χ2n) is 33.4. The fraction of sp³-hybridized carbons (Fsp3) is 0.410. The zero-order valence-electron chi connectivity index (χ0n) is 54.8. The molecular weight excluding hydrogens is 1000 g/mol. The first-order valence-electron chi connectivity index (χ1n) is 30.8. The van der Waals surface area contributed by atoms with Gasteiger partial charge in [0.05, 0.1) is 22.4 Å². The molecule has 2 aliphatic heterocycles. The average molecular weight is 1100 g/mol. The van der Waals surface area contributed by atoms with E-state index in [9.17, 15) is 0 Å². The lowest BCUT2D eigenvalue weighted by Crippen LogP contribution is -2.59. The van der Waals surface area contributed by atoms with Gasteiger partial charge < -0.3 is 9.13 Å². The van der Waals surface area contributed by atoms with Crippen molar-refractivity contribution in [2.45, 2.75) is 209 Å². The van der Waals surface area contributed by atoms with Crippen molar-refractivity contribution in [3.8, 4) is 45.3 Å². The quantitative estimate of drug-likeness (QED) is 0.165. The van der Waals surface area contributed by atoms with Crippen molar-refractivity contribution in [1.29, 1.82) is 0 Å². The monoisotopic (exact) mass is 1090 g/mol. The van der Waals surface area contributed by atoms with Crippen molar-refractivity contribution in [1.82, 2.24) is 19.1 Å². The summed E-state index contributed by atoms with van der Waals surface area (Å²) in [7, 11) is 0. The van der Waals surface area contributed by atoms with Gasteiger partial charge in [0, 0.05) is 60.6 Å². The minimum atomic E-state index is -0.115. The van der Waals surface area contributed by atoms with Crippen LogP contribution >= 0.6 is 0 Å². The Morgan fingerprint density at radius 3 is 0.988 bits per heavy atom. The molecule has 5 heterocycles. The first kappa shape index (κ1) is 56.8. The minimum absolute atomic E-state index is 0.0247. The molecule has 0 bridgehead atoms. The second kappa shape index (κ2) is 17.9. The standard InChI is InChI=1S/C78H91BN4/c1-71(2,3)47-25-31-61-53(41-47)65-55(77(19,20)21)27-29-57-68(65)82(61)63-37-45(38-64-67(63)79(57)58-30-28-56(78(22,23)24)66-54-42-48(72(4,5)6)26-32-62(54)83(64)69(58)66)60-43-59(44-33-49(73(7,8)9)39-50(34-44)74(10,11)12)80-70(81-60)46-35-51(75(13,14)15)40-52(36-46)76(16,17)18/h25-43H,1-24H3. The van der Waals surface area contributed by atoms with Gasteiger partial charge in [0.2, 0.25) is 0 Å². The molecular formula is C78H91BN4. The molecule has 0 N–H and O–H groups in total. The van der Waals surface area contributed by atoms with Crippen LogP contribution in [0.5, 0.6) is 0 Å². The Labute approximate surface area is 497 Å². The molecule has 2 aliphatic rings. The van der Waals surface area contributed by atoms with E-state index in [-0.39, 0.29) is 50.0 Å². The highest BCUT2D eigenvalue weighted by atomic mass is 15.0. The van der Waals surface area contributed by atoms with E-state index in [1.165, 1.54) is 116 Å². The average Bonchev–Trinajstić information content (AvgIpc) is 1.74. The Bertz CT molecular complexity index is 4040. The molecule has 0 radical (unpaired) electrons. The highest BCUT2D eigenvalue weighted by molar-refractivity contribution is 7.00. The van der Waals surface area contributed by atoms with E-state index in [4.69, 9.17) is 9.97 Å². The lowest BCUT2D eigenvalue weighted by molar-refractivity contribution is 0.568. The maximum Gasteiger partial charge on any atom is 0.252 e. The molecule has 0 saturated heterocycles. The predicted molar refractivity (Wildman–Crippen MR) is 361 cm³/mol. The van der Waals surface area contributed by atoms with Gasteiger partial charge in [-0.1, -0.05) is 215 Å². The third-order valence-electron chi connectivity index (χ3n) is 18.7. The van der Waals surface area contributed by atoms with Crippen molar-refractivity contribution in [3.63, 3.8) is 0 Å². The number of rotatable bonds is 3. The lowest BCUT2D eigenvalue weighted by Gasteiger charge is -2.35. The number of fused-ring (bicyclic) bond motifs is 10. The first-order chi connectivity index (χ1) is 38.2. The second-order valence-corrected chi connectivity index (χ2v) is 33.4. The fourth-order valence-corrected chi connectivity index (χ4v) is 13.5. The van der Waals surface area contributed by atoms with Crippen LogP contribution in [-0.2, 0) is 43.3 Å². The molecule has 4 nitrogen and oxygen atoms in total. The topological polar surface area (TPSA) is 35.6 Å².